The minimum absolute atomic E-state index is 0.0492. The van der Waals surface area contributed by atoms with Gasteiger partial charge in [-0.1, -0.05) is 13.3 Å². The van der Waals surface area contributed by atoms with Crippen LogP contribution in [0.4, 0.5) is 4.79 Å². The smallest absolute Gasteiger partial charge is 0.320 e. The fraction of sp³-hybridized carbons (Fsp3) is 0.867. The van der Waals surface area contributed by atoms with E-state index in [1.54, 1.807) is 11.8 Å². The molecule has 2 amide bonds. The van der Waals surface area contributed by atoms with Crippen molar-refractivity contribution >= 4 is 12.0 Å². The van der Waals surface area contributed by atoms with E-state index in [0.29, 0.717) is 25.6 Å². The summed E-state index contributed by atoms with van der Waals surface area (Å²) >= 11 is 0. The van der Waals surface area contributed by atoms with Crippen LogP contribution in [0.5, 0.6) is 0 Å². The molecule has 5 heteroatoms. The third-order valence-corrected chi connectivity index (χ3v) is 4.47. The molecule has 0 radical (unpaired) electrons. The van der Waals surface area contributed by atoms with Gasteiger partial charge in [0.25, 0.3) is 0 Å². The van der Waals surface area contributed by atoms with Gasteiger partial charge < -0.3 is 14.9 Å². The van der Waals surface area contributed by atoms with Gasteiger partial charge in [0, 0.05) is 25.7 Å². The highest BCUT2D eigenvalue weighted by Gasteiger charge is 2.42. The van der Waals surface area contributed by atoms with Gasteiger partial charge >= 0.3 is 12.0 Å². The van der Waals surface area contributed by atoms with E-state index < -0.39 is 11.4 Å². The molecule has 1 aliphatic heterocycles. The van der Waals surface area contributed by atoms with E-state index in [1.807, 2.05) is 4.90 Å². The number of aliphatic carboxylic acids is 1. The van der Waals surface area contributed by atoms with Crippen LogP contribution in [0.15, 0.2) is 0 Å². The van der Waals surface area contributed by atoms with Gasteiger partial charge in [-0.3, -0.25) is 4.79 Å². The molecule has 0 bridgehead atoms. The first-order chi connectivity index (χ1) is 9.48. The first kappa shape index (κ1) is 15.1. The number of carbonyl (C=O) groups excluding carboxylic acids is 1. The number of piperidine rings is 1. The summed E-state index contributed by atoms with van der Waals surface area (Å²) < 4.78 is 0. The van der Waals surface area contributed by atoms with Crippen molar-refractivity contribution in [3.8, 4) is 0 Å². The summed E-state index contributed by atoms with van der Waals surface area (Å²) in [5, 5.41) is 9.35. The fourth-order valence-electron chi connectivity index (χ4n) is 2.91. The molecule has 0 aromatic rings. The van der Waals surface area contributed by atoms with Crippen molar-refractivity contribution in [3.63, 3.8) is 0 Å². The lowest BCUT2D eigenvalue weighted by Gasteiger charge is -2.40. The van der Waals surface area contributed by atoms with E-state index in [1.165, 1.54) is 0 Å². The van der Waals surface area contributed by atoms with E-state index in [4.69, 9.17) is 0 Å². The van der Waals surface area contributed by atoms with Crippen molar-refractivity contribution in [1.29, 1.82) is 0 Å². The highest BCUT2D eigenvalue weighted by atomic mass is 16.4. The van der Waals surface area contributed by atoms with E-state index >= 15 is 0 Å². The van der Waals surface area contributed by atoms with Gasteiger partial charge in [-0.2, -0.15) is 0 Å². The topological polar surface area (TPSA) is 60.9 Å². The van der Waals surface area contributed by atoms with E-state index in [9.17, 15) is 14.7 Å². The maximum Gasteiger partial charge on any atom is 0.320 e. The molecule has 1 saturated heterocycles. The van der Waals surface area contributed by atoms with Gasteiger partial charge in [0.2, 0.25) is 0 Å². The van der Waals surface area contributed by atoms with Crippen LogP contribution in [0.25, 0.3) is 0 Å². The summed E-state index contributed by atoms with van der Waals surface area (Å²) in [6.45, 7) is 5.72. The second-order valence-corrected chi connectivity index (χ2v) is 6.45. The number of carbonyl (C=O) groups is 2. The Morgan fingerprint density at radius 2 is 2.10 bits per heavy atom. The van der Waals surface area contributed by atoms with Gasteiger partial charge in [0.1, 0.15) is 0 Å². The highest BCUT2D eigenvalue weighted by molar-refractivity contribution is 5.79. The average Bonchev–Trinajstić information content (AvgIpc) is 3.23. The lowest BCUT2D eigenvalue weighted by atomic mass is 9.82. The van der Waals surface area contributed by atoms with Crippen LogP contribution in [-0.2, 0) is 4.79 Å². The number of likely N-dealkylation sites (tertiary alicyclic amines) is 1. The van der Waals surface area contributed by atoms with Gasteiger partial charge in [-0.15, -0.1) is 0 Å². The average molecular weight is 282 g/mol. The van der Waals surface area contributed by atoms with E-state index in [0.717, 1.165) is 38.6 Å². The standard InChI is InChI=1S/C15H26N2O3/c1-3-4-10-17(12-6-7-12)14(20)16-9-5-8-15(2,11-16)13(18)19/h12H,3-11H2,1-2H3,(H,18,19). The number of nitrogens with zero attached hydrogens (tertiary/aromatic N) is 2. The molecule has 1 saturated carbocycles. The minimum Gasteiger partial charge on any atom is -0.481 e. The van der Waals surface area contributed by atoms with Crippen LogP contribution < -0.4 is 0 Å². The molecule has 1 atom stereocenters. The zero-order valence-corrected chi connectivity index (χ0v) is 12.6. The molecule has 114 valence electrons. The molecule has 0 aromatic heterocycles. The van der Waals surface area contributed by atoms with Crippen LogP contribution in [0, 0.1) is 5.41 Å². The van der Waals surface area contributed by atoms with Crippen LogP contribution in [-0.4, -0.2) is 52.6 Å². The summed E-state index contributed by atoms with van der Waals surface area (Å²) in [4.78, 5) is 27.8. The molecular formula is C15H26N2O3. The first-order valence-electron chi connectivity index (χ1n) is 7.77. The van der Waals surface area contributed by atoms with E-state index in [-0.39, 0.29) is 6.03 Å². The predicted octanol–water partition coefficient (Wildman–Crippen LogP) is 2.56. The number of carboxylic acids is 1. The van der Waals surface area contributed by atoms with Crippen molar-refractivity contribution in [1.82, 2.24) is 9.80 Å². The van der Waals surface area contributed by atoms with Crippen LogP contribution in [0.3, 0.4) is 0 Å². The molecule has 1 heterocycles. The molecule has 2 rings (SSSR count). The molecule has 1 N–H and O–H groups in total. The second-order valence-electron chi connectivity index (χ2n) is 6.45. The lowest BCUT2D eigenvalue weighted by Crippen LogP contribution is -2.53. The molecule has 2 fully saturated rings. The van der Waals surface area contributed by atoms with Crippen molar-refractivity contribution in [2.45, 2.75) is 58.4 Å². The van der Waals surface area contributed by atoms with Crippen molar-refractivity contribution in [2.75, 3.05) is 19.6 Å². The Hall–Kier alpha value is -1.26. The Bertz CT molecular complexity index is 381. The minimum atomic E-state index is -0.790. The Morgan fingerprint density at radius 3 is 2.65 bits per heavy atom. The number of unbranched alkanes of at least 4 members (excludes halogenated alkanes) is 1. The molecule has 20 heavy (non-hydrogen) atoms. The third kappa shape index (κ3) is 3.25. The normalized spacial score (nSPS) is 26.4. The van der Waals surface area contributed by atoms with Gasteiger partial charge in [-0.05, 0) is 39.0 Å². The molecule has 1 unspecified atom stereocenters. The van der Waals surface area contributed by atoms with Crippen molar-refractivity contribution in [3.05, 3.63) is 0 Å². The quantitative estimate of drug-likeness (QED) is 0.843. The Labute approximate surface area is 120 Å². The largest absolute Gasteiger partial charge is 0.481 e. The lowest BCUT2D eigenvalue weighted by molar-refractivity contribution is -0.150. The van der Waals surface area contributed by atoms with E-state index in [2.05, 4.69) is 6.92 Å². The van der Waals surface area contributed by atoms with Gasteiger partial charge in [0.15, 0.2) is 0 Å². The van der Waals surface area contributed by atoms with Crippen molar-refractivity contribution < 1.29 is 14.7 Å². The van der Waals surface area contributed by atoms with Gasteiger partial charge in [0.05, 0.1) is 5.41 Å². The summed E-state index contributed by atoms with van der Waals surface area (Å²) in [7, 11) is 0. The molecular weight excluding hydrogens is 256 g/mol. The maximum atomic E-state index is 12.7. The number of carboxylic acid groups (broad SMARTS) is 1. The van der Waals surface area contributed by atoms with Crippen LogP contribution in [0.2, 0.25) is 0 Å². The summed E-state index contributed by atoms with van der Waals surface area (Å²) in [5.74, 6) is -0.790. The van der Waals surface area contributed by atoms with Crippen LogP contribution in [0.1, 0.15) is 52.4 Å². The Morgan fingerprint density at radius 1 is 1.40 bits per heavy atom. The number of rotatable bonds is 5. The molecule has 5 nitrogen and oxygen atoms in total. The van der Waals surface area contributed by atoms with Crippen molar-refractivity contribution in [2.24, 2.45) is 5.41 Å². The molecule has 1 aliphatic carbocycles. The summed E-state index contributed by atoms with van der Waals surface area (Å²) in [6.07, 6.45) is 5.72. The molecule has 0 aromatic carbocycles. The van der Waals surface area contributed by atoms with Crippen LogP contribution >= 0.6 is 0 Å². The third-order valence-electron chi connectivity index (χ3n) is 4.47. The zero-order chi connectivity index (χ0) is 14.8. The summed E-state index contributed by atoms with van der Waals surface area (Å²) in [5.41, 5.74) is -0.784. The molecule has 0 spiro atoms. The fourth-order valence-corrected chi connectivity index (χ4v) is 2.91. The number of hydrogen-bond acceptors (Lipinski definition) is 2. The first-order valence-corrected chi connectivity index (χ1v) is 7.77. The highest BCUT2D eigenvalue weighted by Crippen LogP contribution is 2.33. The Kier molecular flexibility index (Phi) is 4.55. The monoisotopic (exact) mass is 282 g/mol. The van der Waals surface area contributed by atoms with Gasteiger partial charge in [-0.25, -0.2) is 4.79 Å². The number of hydrogen-bond donors (Lipinski definition) is 1. The number of urea groups is 1. The maximum absolute atomic E-state index is 12.7. The number of amides is 2. The zero-order valence-electron chi connectivity index (χ0n) is 12.6. The SMILES string of the molecule is CCCCN(C(=O)N1CCCC(C)(C(=O)O)C1)C1CC1. The molecule has 2 aliphatic rings. The second kappa shape index (κ2) is 6.02. The predicted molar refractivity (Wildman–Crippen MR) is 76.6 cm³/mol. The summed E-state index contributed by atoms with van der Waals surface area (Å²) in [6, 6.07) is 0.445. The Balaban J connectivity index is 2.01.